The van der Waals surface area contributed by atoms with Crippen LogP contribution in [0.25, 0.3) is 22.6 Å². The van der Waals surface area contributed by atoms with E-state index in [1.165, 1.54) is 7.11 Å². The fourth-order valence-corrected chi connectivity index (χ4v) is 3.08. The number of hydrogen-bond donors (Lipinski definition) is 1. The van der Waals surface area contributed by atoms with Crippen LogP contribution in [0.2, 0.25) is 0 Å². The smallest absolute Gasteiger partial charge is 0.255 e. The van der Waals surface area contributed by atoms with Crippen molar-refractivity contribution in [1.29, 1.82) is 0 Å². The van der Waals surface area contributed by atoms with Gasteiger partial charge in [0.25, 0.3) is 5.91 Å². The molecule has 0 saturated heterocycles. The molecule has 4 aromatic rings. The first-order valence-corrected chi connectivity index (χ1v) is 9.08. The summed E-state index contributed by atoms with van der Waals surface area (Å²) < 4.78 is 16.4. The Hall–Kier alpha value is -3.80. The van der Waals surface area contributed by atoms with Crippen molar-refractivity contribution in [1.82, 2.24) is 4.98 Å². The zero-order valence-corrected chi connectivity index (χ0v) is 16.4. The molecule has 3 aromatic carbocycles. The number of amides is 1. The van der Waals surface area contributed by atoms with Gasteiger partial charge in [0.05, 0.1) is 14.2 Å². The maximum atomic E-state index is 12.6. The van der Waals surface area contributed by atoms with Crippen molar-refractivity contribution in [3.8, 4) is 23.0 Å². The molecule has 0 spiro atoms. The van der Waals surface area contributed by atoms with Gasteiger partial charge < -0.3 is 19.2 Å². The molecule has 1 N–H and O–H groups in total. The number of ether oxygens (including phenoxy) is 2. The summed E-state index contributed by atoms with van der Waals surface area (Å²) in [6, 6.07) is 18.4. The lowest BCUT2D eigenvalue weighted by molar-refractivity contribution is 0.102. The first kappa shape index (κ1) is 18.6. The molecule has 0 atom stereocenters. The van der Waals surface area contributed by atoms with Gasteiger partial charge in [0.15, 0.2) is 17.1 Å². The quantitative estimate of drug-likeness (QED) is 0.516. The van der Waals surface area contributed by atoms with E-state index in [2.05, 4.69) is 10.3 Å². The highest BCUT2D eigenvalue weighted by Gasteiger charge is 2.13. The maximum absolute atomic E-state index is 12.6. The van der Waals surface area contributed by atoms with Gasteiger partial charge in [-0.2, -0.15) is 0 Å². The van der Waals surface area contributed by atoms with Crippen molar-refractivity contribution in [3.05, 3.63) is 71.8 Å². The predicted molar refractivity (Wildman–Crippen MR) is 112 cm³/mol. The molecule has 1 heterocycles. The van der Waals surface area contributed by atoms with E-state index in [0.717, 1.165) is 16.6 Å². The molecule has 0 radical (unpaired) electrons. The SMILES string of the molecule is COc1ccc(C(=O)Nc2ccc3nc(-c4cccc(C)c4)oc3c2)cc1OC. The number of hydrogen-bond acceptors (Lipinski definition) is 5. The zero-order chi connectivity index (χ0) is 20.4. The molecule has 0 aliphatic carbocycles. The highest BCUT2D eigenvalue weighted by Crippen LogP contribution is 2.29. The Labute approximate surface area is 168 Å². The third-order valence-electron chi connectivity index (χ3n) is 4.56. The van der Waals surface area contributed by atoms with Gasteiger partial charge in [-0.15, -0.1) is 0 Å². The Balaban J connectivity index is 1.59. The Morgan fingerprint density at radius 3 is 2.55 bits per heavy atom. The summed E-state index contributed by atoms with van der Waals surface area (Å²) >= 11 is 0. The normalized spacial score (nSPS) is 10.7. The molecule has 6 nitrogen and oxygen atoms in total. The van der Waals surface area contributed by atoms with E-state index in [1.54, 1.807) is 37.4 Å². The van der Waals surface area contributed by atoms with Crippen LogP contribution in [-0.2, 0) is 0 Å². The monoisotopic (exact) mass is 388 g/mol. The molecule has 1 amide bonds. The number of aryl methyl sites for hydroxylation is 1. The zero-order valence-electron chi connectivity index (χ0n) is 16.4. The Morgan fingerprint density at radius 1 is 0.966 bits per heavy atom. The van der Waals surface area contributed by atoms with E-state index in [4.69, 9.17) is 13.9 Å². The number of oxazole rings is 1. The summed E-state index contributed by atoms with van der Waals surface area (Å²) in [5.41, 5.74) is 4.45. The molecule has 4 rings (SSSR count). The van der Waals surface area contributed by atoms with E-state index < -0.39 is 0 Å². The summed E-state index contributed by atoms with van der Waals surface area (Å²) in [5, 5.41) is 2.87. The number of nitrogens with one attached hydrogen (secondary N) is 1. The third-order valence-corrected chi connectivity index (χ3v) is 4.56. The summed E-state index contributed by atoms with van der Waals surface area (Å²) in [5.74, 6) is 1.35. The van der Waals surface area contributed by atoms with Crippen LogP contribution >= 0.6 is 0 Å². The second kappa shape index (κ2) is 7.67. The molecule has 0 unspecified atom stereocenters. The Morgan fingerprint density at radius 2 is 1.79 bits per heavy atom. The van der Waals surface area contributed by atoms with Crippen molar-refractivity contribution >= 4 is 22.7 Å². The van der Waals surface area contributed by atoms with Gasteiger partial charge in [-0.25, -0.2) is 4.98 Å². The first-order valence-electron chi connectivity index (χ1n) is 9.08. The molecule has 0 bridgehead atoms. The van der Waals surface area contributed by atoms with Crippen LogP contribution in [0.5, 0.6) is 11.5 Å². The largest absolute Gasteiger partial charge is 0.493 e. The fourth-order valence-electron chi connectivity index (χ4n) is 3.08. The highest BCUT2D eigenvalue weighted by molar-refractivity contribution is 6.05. The third kappa shape index (κ3) is 3.78. The van der Waals surface area contributed by atoms with Crippen LogP contribution in [0.15, 0.2) is 65.1 Å². The van der Waals surface area contributed by atoms with Crippen LogP contribution in [-0.4, -0.2) is 25.1 Å². The lowest BCUT2D eigenvalue weighted by atomic mass is 10.1. The van der Waals surface area contributed by atoms with Crippen LogP contribution in [0.4, 0.5) is 5.69 Å². The second-order valence-electron chi connectivity index (χ2n) is 6.59. The molecule has 0 aliphatic rings. The number of carbonyl (C=O) groups is 1. The highest BCUT2D eigenvalue weighted by atomic mass is 16.5. The minimum absolute atomic E-state index is 0.260. The van der Waals surface area contributed by atoms with Crippen molar-refractivity contribution in [2.75, 3.05) is 19.5 Å². The molecule has 6 heteroatoms. The summed E-state index contributed by atoms with van der Waals surface area (Å²) in [6.45, 7) is 2.02. The maximum Gasteiger partial charge on any atom is 0.255 e. The molecule has 0 fully saturated rings. The van der Waals surface area contributed by atoms with Crippen molar-refractivity contribution in [2.24, 2.45) is 0 Å². The minimum atomic E-state index is -0.260. The van der Waals surface area contributed by atoms with Gasteiger partial charge >= 0.3 is 0 Å². The van der Waals surface area contributed by atoms with Crippen LogP contribution in [0, 0.1) is 6.92 Å². The number of rotatable bonds is 5. The van der Waals surface area contributed by atoms with Gasteiger partial charge in [0.1, 0.15) is 5.52 Å². The van der Waals surface area contributed by atoms with Gasteiger partial charge in [-0.3, -0.25) is 4.79 Å². The summed E-state index contributed by atoms with van der Waals surface area (Å²) in [7, 11) is 3.08. The molecule has 146 valence electrons. The lowest BCUT2D eigenvalue weighted by Crippen LogP contribution is -2.12. The van der Waals surface area contributed by atoms with Gasteiger partial charge in [0.2, 0.25) is 5.89 Å². The second-order valence-corrected chi connectivity index (χ2v) is 6.59. The molecule has 0 saturated carbocycles. The number of anilines is 1. The van der Waals surface area contributed by atoms with Gasteiger partial charge in [-0.1, -0.05) is 17.7 Å². The first-order chi connectivity index (χ1) is 14.1. The van der Waals surface area contributed by atoms with Crippen LogP contribution < -0.4 is 14.8 Å². The van der Waals surface area contributed by atoms with Crippen molar-refractivity contribution in [3.63, 3.8) is 0 Å². The van der Waals surface area contributed by atoms with Crippen molar-refractivity contribution < 1.29 is 18.7 Å². The van der Waals surface area contributed by atoms with E-state index in [0.29, 0.717) is 34.2 Å². The van der Waals surface area contributed by atoms with Gasteiger partial charge in [0, 0.05) is 22.9 Å². The topological polar surface area (TPSA) is 73.6 Å². The van der Waals surface area contributed by atoms with E-state index in [-0.39, 0.29) is 5.91 Å². The molecule has 29 heavy (non-hydrogen) atoms. The van der Waals surface area contributed by atoms with E-state index in [1.807, 2.05) is 37.3 Å². The number of aromatic nitrogens is 1. The van der Waals surface area contributed by atoms with Crippen molar-refractivity contribution in [2.45, 2.75) is 6.92 Å². The van der Waals surface area contributed by atoms with Gasteiger partial charge in [-0.05, 0) is 49.4 Å². The van der Waals surface area contributed by atoms with E-state index in [9.17, 15) is 4.79 Å². The number of nitrogens with zero attached hydrogens (tertiary/aromatic N) is 1. The Bertz CT molecular complexity index is 1200. The summed E-state index contributed by atoms with van der Waals surface area (Å²) in [4.78, 5) is 17.2. The lowest BCUT2D eigenvalue weighted by Gasteiger charge is -2.10. The number of fused-ring (bicyclic) bond motifs is 1. The molecular formula is C23H20N2O4. The fraction of sp³-hybridized carbons (Fsp3) is 0.130. The standard InChI is InChI=1S/C23H20N2O4/c1-14-5-4-6-16(11-14)23-25-18-9-8-17(13-20(18)29-23)24-22(26)15-7-10-19(27-2)21(12-15)28-3/h4-13H,1-3H3,(H,24,26). The average molecular weight is 388 g/mol. The minimum Gasteiger partial charge on any atom is -0.493 e. The average Bonchev–Trinajstić information content (AvgIpc) is 3.16. The van der Waals surface area contributed by atoms with Crippen LogP contribution in [0.3, 0.4) is 0 Å². The molecule has 1 aromatic heterocycles. The number of carbonyl (C=O) groups excluding carboxylic acids is 1. The van der Waals surface area contributed by atoms with E-state index >= 15 is 0 Å². The summed E-state index contributed by atoms with van der Waals surface area (Å²) in [6.07, 6.45) is 0. The molecular weight excluding hydrogens is 368 g/mol. The number of benzene rings is 3. The predicted octanol–water partition coefficient (Wildman–Crippen LogP) is 5.07. The van der Waals surface area contributed by atoms with Crippen LogP contribution in [0.1, 0.15) is 15.9 Å². The Kier molecular flexibility index (Phi) is 4.91. The number of methoxy groups -OCH3 is 2. The molecule has 0 aliphatic heterocycles.